The molecule has 0 bridgehead atoms. The highest BCUT2D eigenvalue weighted by Crippen LogP contribution is 2.44. The molecule has 4 rings (SSSR count). The summed E-state index contributed by atoms with van der Waals surface area (Å²) in [6.45, 7) is 0.172. The first-order chi connectivity index (χ1) is 14.0. The standard InChI is InChI=1S/C22H21N3O4/c1-25-13-23-11-20(25)19(10-21(26)27)24-22(28)29-12-18-16-8-4-2-6-14(16)15-7-3-5-9-17(15)18/h2-9,11,13,18-19H,10,12H2,1H3,(H,24,28)(H,26,27)/t19-/m1/s1. The van der Waals surface area contributed by atoms with Crippen LogP contribution in [0.25, 0.3) is 11.1 Å². The van der Waals surface area contributed by atoms with Gasteiger partial charge in [-0.15, -0.1) is 0 Å². The summed E-state index contributed by atoms with van der Waals surface area (Å²) in [7, 11) is 1.75. The van der Waals surface area contributed by atoms with Crippen LogP contribution in [-0.4, -0.2) is 33.3 Å². The van der Waals surface area contributed by atoms with Crippen molar-refractivity contribution in [1.29, 1.82) is 0 Å². The third-order valence-corrected chi connectivity index (χ3v) is 5.23. The zero-order valence-corrected chi connectivity index (χ0v) is 15.9. The molecule has 7 heteroatoms. The van der Waals surface area contributed by atoms with E-state index in [1.54, 1.807) is 17.9 Å². The quantitative estimate of drug-likeness (QED) is 0.671. The van der Waals surface area contributed by atoms with E-state index in [0.717, 1.165) is 22.3 Å². The van der Waals surface area contributed by atoms with Crippen LogP contribution in [0, 0.1) is 0 Å². The number of ether oxygens (including phenoxy) is 1. The molecule has 3 aromatic rings. The highest BCUT2D eigenvalue weighted by molar-refractivity contribution is 5.79. The molecule has 0 radical (unpaired) electrons. The van der Waals surface area contributed by atoms with Crippen molar-refractivity contribution >= 4 is 12.1 Å². The van der Waals surface area contributed by atoms with Gasteiger partial charge in [-0.2, -0.15) is 0 Å². The van der Waals surface area contributed by atoms with Gasteiger partial charge in [0.05, 0.1) is 30.7 Å². The number of carboxylic acids is 1. The summed E-state index contributed by atoms with van der Waals surface area (Å²) in [4.78, 5) is 27.7. The van der Waals surface area contributed by atoms with Crippen LogP contribution in [0.5, 0.6) is 0 Å². The Hall–Kier alpha value is -3.61. The van der Waals surface area contributed by atoms with Gasteiger partial charge in [0.2, 0.25) is 0 Å². The number of aliphatic carboxylic acids is 1. The Morgan fingerprint density at radius 1 is 1.14 bits per heavy atom. The molecule has 1 aliphatic carbocycles. The molecular formula is C22H21N3O4. The van der Waals surface area contributed by atoms with Crippen LogP contribution in [0.15, 0.2) is 61.1 Å². The van der Waals surface area contributed by atoms with Gasteiger partial charge in [-0.05, 0) is 22.3 Å². The second-order valence-corrected chi connectivity index (χ2v) is 7.05. The van der Waals surface area contributed by atoms with E-state index >= 15 is 0 Å². The van der Waals surface area contributed by atoms with Crippen LogP contribution < -0.4 is 5.32 Å². The number of carbonyl (C=O) groups excluding carboxylic acids is 1. The Morgan fingerprint density at radius 3 is 2.31 bits per heavy atom. The molecule has 0 saturated heterocycles. The SMILES string of the molecule is Cn1cncc1[C@@H](CC(=O)O)NC(=O)OCC1c2ccccc2-c2ccccc21. The van der Waals surface area contributed by atoms with Crippen molar-refractivity contribution < 1.29 is 19.4 Å². The predicted molar refractivity (Wildman–Crippen MR) is 106 cm³/mol. The van der Waals surface area contributed by atoms with Crippen LogP contribution in [0.1, 0.15) is 35.2 Å². The first kappa shape index (κ1) is 18.7. The van der Waals surface area contributed by atoms with Gasteiger partial charge >= 0.3 is 12.1 Å². The van der Waals surface area contributed by atoms with Crippen LogP contribution in [0.3, 0.4) is 0 Å². The van der Waals surface area contributed by atoms with E-state index < -0.39 is 18.1 Å². The molecule has 1 aromatic heterocycles. The molecule has 7 nitrogen and oxygen atoms in total. The van der Waals surface area contributed by atoms with Crippen molar-refractivity contribution in [2.24, 2.45) is 7.05 Å². The average Bonchev–Trinajstić information content (AvgIpc) is 3.27. The summed E-state index contributed by atoms with van der Waals surface area (Å²) in [5.74, 6) is -1.07. The highest BCUT2D eigenvalue weighted by Gasteiger charge is 2.29. The zero-order valence-electron chi connectivity index (χ0n) is 15.9. The molecule has 1 aliphatic rings. The van der Waals surface area contributed by atoms with E-state index in [9.17, 15) is 14.7 Å². The topological polar surface area (TPSA) is 93.5 Å². The number of alkyl carbamates (subject to hydrolysis) is 1. The minimum absolute atomic E-state index is 0.0530. The number of aryl methyl sites for hydroxylation is 1. The summed E-state index contributed by atoms with van der Waals surface area (Å²) in [6, 6.07) is 15.4. The molecule has 29 heavy (non-hydrogen) atoms. The van der Waals surface area contributed by atoms with Crippen LogP contribution >= 0.6 is 0 Å². The Balaban J connectivity index is 1.48. The van der Waals surface area contributed by atoms with E-state index in [2.05, 4.69) is 22.4 Å². The Bertz CT molecular complexity index is 1010. The number of rotatable bonds is 6. The second kappa shape index (κ2) is 7.79. The number of carbonyl (C=O) groups is 2. The van der Waals surface area contributed by atoms with Crippen molar-refractivity contribution in [2.75, 3.05) is 6.61 Å². The van der Waals surface area contributed by atoms with Crippen molar-refractivity contribution in [2.45, 2.75) is 18.4 Å². The van der Waals surface area contributed by atoms with Crippen molar-refractivity contribution in [3.8, 4) is 11.1 Å². The number of aromatic nitrogens is 2. The number of hydrogen-bond acceptors (Lipinski definition) is 4. The Morgan fingerprint density at radius 2 is 1.76 bits per heavy atom. The molecule has 148 valence electrons. The monoisotopic (exact) mass is 391 g/mol. The lowest BCUT2D eigenvalue weighted by Crippen LogP contribution is -2.32. The van der Waals surface area contributed by atoms with Gasteiger partial charge in [-0.25, -0.2) is 9.78 Å². The molecule has 2 N–H and O–H groups in total. The van der Waals surface area contributed by atoms with Crippen molar-refractivity contribution in [3.63, 3.8) is 0 Å². The van der Waals surface area contributed by atoms with Crippen LogP contribution in [0.4, 0.5) is 4.79 Å². The van der Waals surface area contributed by atoms with Crippen LogP contribution in [0.2, 0.25) is 0 Å². The molecule has 1 heterocycles. The maximum atomic E-state index is 12.5. The lowest BCUT2D eigenvalue weighted by atomic mass is 9.98. The maximum Gasteiger partial charge on any atom is 0.407 e. The molecule has 0 spiro atoms. The molecule has 2 aromatic carbocycles. The van der Waals surface area contributed by atoms with Crippen molar-refractivity contribution in [1.82, 2.24) is 14.9 Å². The maximum absolute atomic E-state index is 12.5. The normalized spacial score (nSPS) is 13.4. The lowest BCUT2D eigenvalue weighted by Gasteiger charge is -2.19. The van der Waals surface area contributed by atoms with Crippen LogP contribution in [-0.2, 0) is 16.6 Å². The number of fused-ring (bicyclic) bond motifs is 3. The molecule has 1 amide bonds. The second-order valence-electron chi connectivity index (χ2n) is 7.05. The minimum Gasteiger partial charge on any atom is -0.481 e. The van der Waals surface area contributed by atoms with E-state index in [1.165, 1.54) is 6.20 Å². The Labute approximate surface area is 168 Å². The summed E-state index contributed by atoms with van der Waals surface area (Å²) < 4.78 is 7.19. The Kier molecular flexibility index (Phi) is 5.03. The van der Waals surface area contributed by atoms with E-state index in [-0.39, 0.29) is 18.9 Å². The molecule has 0 fully saturated rings. The summed E-state index contributed by atoms with van der Waals surface area (Å²) in [5, 5.41) is 11.8. The predicted octanol–water partition coefficient (Wildman–Crippen LogP) is 3.47. The molecule has 0 saturated carbocycles. The average molecular weight is 391 g/mol. The van der Waals surface area contributed by atoms with E-state index in [1.807, 2.05) is 36.4 Å². The number of benzene rings is 2. The lowest BCUT2D eigenvalue weighted by molar-refractivity contribution is -0.137. The molecule has 1 atom stereocenters. The highest BCUT2D eigenvalue weighted by atomic mass is 16.5. The third kappa shape index (κ3) is 3.71. The first-order valence-electron chi connectivity index (χ1n) is 9.34. The molecule has 0 unspecified atom stereocenters. The summed E-state index contributed by atoms with van der Waals surface area (Å²) in [6.07, 6.45) is 2.18. The van der Waals surface area contributed by atoms with Gasteiger partial charge in [0.15, 0.2) is 0 Å². The minimum atomic E-state index is -1.02. The number of amides is 1. The van der Waals surface area contributed by atoms with Gasteiger partial charge in [0.1, 0.15) is 6.61 Å². The van der Waals surface area contributed by atoms with Gasteiger partial charge in [-0.1, -0.05) is 48.5 Å². The zero-order chi connectivity index (χ0) is 20.4. The number of hydrogen-bond donors (Lipinski definition) is 2. The van der Waals surface area contributed by atoms with E-state index in [4.69, 9.17) is 4.74 Å². The molecular weight excluding hydrogens is 370 g/mol. The summed E-state index contributed by atoms with van der Waals surface area (Å²) >= 11 is 0. The van der Waals surface area contributed by atoms with Gasteiger partial charge < -0.3 is 19.7 Å². The number of carboxylic acid groups (broad SMARTS) is 1. The smallest absolute Gasteiger partial charge is 0.407 e. The van der Waals surface area contributed by atoms with Gasteiger partial charge in [0.25, 0.3) is 0 Å². The number of nitrogens with zero attached hydrogens (tertiary/aromatic N) is 2. The fourth-order valence-corrected chi connectivity index (χ4v) is 3.89. The molecule has 0 aliphatic heterocycles. The number of imidazole rings is 1. The van der Waals surface area contributed by atoms with Gasteiger partial charge in [0, 0.05) is 13.0 Å². The van der Waals surface area contributed by atoms with Gasteiger partial charge in [-0.3, -0.25) is 4.79 Å². The fourth-order valence-electron chi connectivity index (χ4n) is 3.89. The van der Waals surface area contributed by atoms with Crippen molar-refractivity contribution in [3.05, 3.63) is 77.9 Å². The number of nitrogens with one attached hydrogen (secondary N) is 1. The third-order valence-electron chi connectivity index (χ3n) is 5.23. The fraction of sp³-hybridized carbons (Fsp3) is 0.227. The van der Waals surface area contributed by atoms with E-state index in [0.29, 0.717) is 5.69 Å². The first-order valence-corrected chi connectivity index (χ1v) is 9.34. The largest absolute Gasteiger partial charge is 0.481 e. The summed E-state index contributed by atoms with van der Waals surface area (Å²) in [5.41, 5.74) is 5.14.